The van der Waals surface area contributed by atoms with E-state index in [9.17, 15) is 4.79 Å². The van der Waals surface area contributed by atoms with Crippen molar-refractivity contribution in [3.8, 4) is 0 Å². The van der Waals surface area contributed by atoms with Crippen LogP contribution in [0.25, 0.3) is 0 Å². The second-order valence-corrected chi connectivity index (χ2v) is 4.54. The van der Waals surface area contributed by atoms with Crippen LogP contribution in [0.5, 0.6) is 0 Å². The molecule has 3 nitrogen and oxygen atoms in total. The summed E-state index contributed by atoms with van der Waals surface area (Å²) in [4.78, 5) is 11.2. The molecule has 0 aromatic heterocycles. The molecule has 0 bridgehead atoms. The van der Waals surface area contributed by atoms with Crippen molar-refractivity contribution < 1.29 is 4.79 Å². The Morgan fingerprint density at radius 2 is 2.06 bits per heavy atom. The lowest BCUT2D eigenvalue weighted by Crippen LogP contribution is -2.26. The molecule has 1 aromatic rings. The van der Waals surface area contributed by atoms with E-state index < -0.39 is 5.91 Å². The lowest BCUT2D eigenvalue weighted by atomic mass is 9.89. The maximum atomic E-state index is 11.2. The summed E-state index contributed by atoms with van der Waals surface area (Å²) < 4.78 is 0. The number of carbonyl (C=O) groups excluding carboxylic acids is 1. The van der Waals surface area contributed by atoms with E-state index in [4.69, 9.17) is 17.3 Å². The molecule has 4 heteroatoms. The van der Waals surface area contributed by atoms with Crippen LogP contribution < -0.4 is 11.1 Å². The molecule has 0 saturated carbocycles. The van der Waals surface area contributed by atoms with Gasteiger partial charge in [0.2, 0.25) is 5.91 Å². The minimum Gasteiger partial charge on any atom is -0.366 e. The van der Waals surface area contributed by atoms with Crippen molar-refractivity contribution in [2.75, 3.05) is 13.1 Å². The lowest BCUT2D eigenvalue weighted by molar-refractivity contribution is 0.100. The molecule has 16 heavy (non-hydrogen) atoms. The highest BCUT2D eigenvalue weighted by Crippen LogP contribution is 2.28. The van der Waals surface area contributed by atoms with Crippen LogP contribution >= 0.6 is 11.6 Å². The molecule has 0 aliphatic carbocycles. The predicted octanol–water partition coefficient (Wildman–Crippen LogP) is 1.91. The Kier molecular flexibility index (Phi) is 3.46. The van der Waals surface area contributed by atoms with Crippen LogP contribution in [0.4, 0.5) is 0 Å². The van der Waals surface area contributed by atoms with Crippen molar-refractivity contribution in [2.24, 2.45) is 5.73 Å². The van der Waals surface area contributed by atoms with Gasteiger partial charge in [-0.05, 0) is 49.5 Å². The number of primary amides is 1. The molecular weight excluding hydrogens is 224 g/mol. The standard InChI is InChI=1S/C12H15ClN2O/c13-11-2-1-9(7-10(11)12(14)16)8-3-5-15-6-4-8/h1-2,7-8,15H,3-6H2,(H2,14,16). The minimum atomic E-state index is -0.458. The summed E-state index contributed by atoms with van der Waals surface area (Å²) in [6, 6.07) is 5.59. The van der Waals surface area contributed by atoms with Crippen LogP contribution in [0.3, 0.4) is 0 Å². The van der Waals surface area contributed by atoms with Gasteiger partial charge in [0.25, 0.3) is 0 Å². The third kappa shape index (κ3) is 2.36. The highest BCUT2D eigenvalue weighted by molar-refractivity contribution is 6.33. The summed E-state index contributed by atoms with van der Waals surface area (Å²) in [6.07, 6.45) is 2.19. The van der Waals surface area contributed by atoms with Gasteiger partial charge in [-0.1, -0.05) is 17.7 Å². The molecule has 1 saturated heterocycles. The average Bonchev–Trinajstić information content (AvgIpc) is 2.30. The van der Waals surface area contributed by atoms with Gasteiger partial charge in [-0.3, -0.25) is 4.79 Å². The smallest absolute Gasteiger partial charge is 0.250 e. The Morgan fingerprint density at radius 3 is 2.69 bits per heavy atom. The fourth-order valence-electron chi connectivity index (χ4n) is 2.14. The third-order valence-electron chi connectivity index (χ3n) is 3.07. The summed E-state index contributed by atoms with van der Waals surface area (Å²) in [5.41, 5.74) is 6.87. The van der Waals surface area contributed by atoms with E-state index in [-0.39, 0.29) is 0 Å². The maximum absolute atomic E-state index is 11.2. The normalized spacial score (nSPS) is 17.3. The van der Waals surface area contributed by atoms with Crippen LogP contribution in [-0.2, 0) is 0 Å². The van der Waals surface area contributed by atoms with E-state index in [2.05, 4.69) is 5.32 Å². The van der Waals surface area contributed by atoms with E-state index in [0.29, 0.717) is 16.5 Å². The molecule has 1 aliphatic rings. The van der Waals surface area contributed by atoms with Gasteiger partial charge in [0.05, 0.1) is 10.6 Å². The van der Waals surface area contributed by atoms with Crippen molar-refractivity contribution >= 4 is 17.5 Å². The number of benzene rings is 1. The summed E-state index contributed by atoms with van der Waals surface area (Å²) in [6.45, 7) is 2.05. The Balaban J connectivity index is 2.27. The van der Waals surface area contributed by atoms with E-state index in [1.54, 1.807) is 6.07 Å². The Morgan fingerprint density at radius 1 is 1.38 bits per heavy atom. The first-order valence-electron chi connectivity index (χ1n) is 5.48. The quantitative estimate of drug-likeness (QED) is 0.827. The molecule has 3 N–H and O–H groups in total. The van der Waals surface area contributed by atoms with E-state index >= 15 is 0 Å². The molecular formula is C12H15ClN2O. The van der Waals surface area contributed by atoms with Crippen molar-refractivity contribution in [1.29, 1.82) is 0 Å². The molecule has 1 amide bonds. The van der Waals surface area contributed by atoms with Crippen molar-refractivity contribution in [1.82, 2.24) is 5.32 Å². The fourth-order valence-corrected chi connectivity index (χ4v) is 2.35. The van der Waals surface area contributed by atoms with Gasteiger partial charge >= 0.3 is 0 Å². The van der Waals surface area contributed by atoms with Crippen LogP contribution in [0.2, 0.25) is 5.02 Å². The van der Waals surface area contributed by atoms with Crippen molar-refractivity contribution in [3.63, 3.8) is 0 Å². The molecule has 0 spiro atoms. The molecule has 0 atom stereocenters. The number of nitrogens with two attached hydrogens (primary N) is 1. The van der Waals surface area contributed by atoms with Gasteiger partial charge < -0.3 is 11.1 Å². The number of halogens is 1. The van der Waals surface area contributed by atoms with Gasteiger partial charge in [0.15, 0.2) is 0 Å². The number of carbonyl (C=O) groups is 1. The Bertz CT molecular complexity index is 400. The van der Waals surface area contributed by atoms with Gasteiger partial charge in [0.1, 0.15) is 0 Å². The number of amides is 1. The zero-order chi connectivity index (χ0) is 11.5. The van der Waals surface area contributed by atoms with Gasteiger partial charge in [-0.25, -0.2) is 0 Å². The lowest BCUT2D eigenvalue weighted by Gasteiger charge is -2.23. The number of piperidine rings is 1. The minimum absolute atomic E-state index is 0.428. The first kappa shape index (κ1) is 11.4. The number of rotatable bonds is 2. The summed E-state index contributed by atoms with van der Waals surface area (Å²) >= 11 is 5.92. The summed E-state index contributed by atoms with van der Waals surface area (Å²) in [5.74, 6) is 0.0531. The Labute approximate surface area is 100.0 Å². The van der Waals surface area contributed by atoms with Gasteiger partial charge in [-0.2, -0.15) is 0 Å². The van der Waals surface area contributed by atoms with Gasteiger partial charge in [-0.15, -0.1) is 0 Å². The van der Waals surface area contributed by atoms with Crippen molar-refractivity contribution in [2.45, 2.75) is 18.8 Å². The largest absolute Gasteiger partial charge is 0.366 e. The SMILES string of the molecule is NC(=O)c1cc(C2CCNCC2)ccc1Cl. The zero-order valence-electron chi connectivity index (χ0n) is 9.00. The second-order valence-electron chi connectivity index (χ2n) is 4.13. The van der Waals surface area contributed by atoms with Crippen LogP contribution in [0.1, 0.15) is 34.7 Å². The summed E-state index contributed by atoms with van der Waals surface area (Å²) in [5, 5.41) is 3.75. The van der Waals surface area contributed by atoms with Gasteiger partial charge in [0, 0.05) is 0 Å². The molecule has 1 aliphatic heterocycles. The maximum Gasteiger partial charge on any atom is 0.250 e. The van der Waals surface area contributed by atoms with Crippen LogP contribution in [0.15, 0.2) is 18.2 Å². The van der Waals surface area contributed by atoms with E-state index in [1.165, 1.54) is 5.56 Å². The fraction of sp³-hybridized carbons (Fsp3) is 0.417. The highest BCUT2D eigenvalue weighted by Gasteiger charge is 2.17. The first-order chi connectivity index (χ1) is 7.68. The number of hydrogen-bond acceptors (Lipinski definition) is 2. The Hall–Kier alpha value is -1.06. The van der Waals surface area contributed by atoms with E-state index in [1.807, 2.05) is 12.1 Å². The molecule has 1 fully saturated rings. The molecule has 0 unspecified atom stereocenters. The van der Waals surface area contributed by atoms with Crippen LogP contribution in [0, 0.1) is 0 Å². The van der Waals surface area contributed by atoms with E-state index in [0.717, 1.165) is 25.9 Å². The topological polar surface area (TPSA) is 55.1 Å². The summed E-state index contributed by atoms with van der Waals surface area (Å²) in [7, 11) is 0. The second kappa shape index (κ2) is 4.85. The number of hydrogen-bond donors (Lipinski definition) is 2. The predicted molar refractivity (Wildman–Crippen MR) is 64.8 cm³/mol. The molecule has 0 radical (unpaired) electrons. The monoisotopic (exact) mass is 238 g/mol. The third-order valence-corrected chi connectivity index (χ3v) is 3.40. The number of nitrogens with one attached hydrogen (secondary N) is 1. The average molecular weight is 239 g/mol. The molecule has 1 heterocycles. The van der Waals surface area contributed by atoms with Crippen molar-refractivity contribution in [3.05, 3.63) is 34.3 Å². The van der Waals surface area contributed by atoms with Crippen LogP contribution in [-0.4, -0.2) is 19.0 Å². The molecule has 86 valence electrons. The molecule has 1 aromatic carbocycles. The first-order valence-corrected chi connectivity index (χ1v) is 5.86. The zero-order valence-corrected chi connectivity index (χ0v) is 9.76. The molecule has 2 rings (SSSR count). The highest BCUT2D eigenvalue weighted by atomic mass is 35.5.